The summed E-state index contributed by atoms with van der Waals surface area (Å²) in [5.41, 5.74) is 0. The molecule has 0 rings (SSSR count). The van der Waals surface area contributed by atoms with Gasteiger partial charge in [0, 0.05) is 0 Å². The molecule has 0 fully saturated rings. The molecule has 0 aliphatic rings. The maximum Gasteiger partial charge on any atom is 0.407 e. The molecule has 0 aromatic heterocycles. The van der Waals surface area contributed by atoms with Crippen LogP contribution in [0, 0.1) is 0 Å². The Morgan fingerprint density at radius 1 is 1.07 bits per heavy atom. The molecule has 0 spiro atoms. The molecule has 1 N–H and O–H groups in total. The first-order chi connectivity index (χ1) is 7.20. The molecule has 0 saturated heterocycles. The number of rotatable bonds is 7. The van der Waals surface area contributed by atoms with Crippen LogP contribution in [0.3, 0.4) is 0 Å². The summed E-state index contributed by atoms with van der Waals surface area (Å²) >= 11 is 0. The fraction of sp³-hybridized carbons (Fsp3) is 0.800. The predicted molar refractivity (Wildman–Crippen MR) is 55.5 cm³/mol. The standard InChI is InChI=1S/C10H19NO4/c1-3-5-7-14-9(12)8-11-10(13)15-6-4-2/h3-8H2,1-2H3,(H,11,13). The van der Waals surface area contributed by atoms with Crippen molar-refractivity contribution in [3.63, 3.8) is 0 Å². The SMILES string of the molecule is CCCCOC(=O)CNC(=O)OCCC. The summed E-state index contributed by atoms with van der Waals surface area (Å²) in [6, 6.07) is 0. The number of nitrogens with one attached hydrogen (secondary N) is 1. The number of alkyl carbamates (subject to hydrolysis) is 1. The van der Waals surface area contributed by atoms with E-state index in [9.17, 15) is 9.59 Å². The summed E-state index contributed by atoms with van der Waals surface area (Å²) in [7, 11) is 0. The van der Waals surface area contributed by atoms with Crippen molar-refractivity contribution in [2.24, 2.45) is 0 Å². The summed E-state index contributed by atoms with van der Waals surface area (Å²) in [6.07, 6.45) is 1.99. The molecule has 15 heavy (non-hydrogen) atoms. The minimum Gasteiger partial charge on any atom is -0.464 e. The van der Waals surface area contributed by atoms with Crippen molar-refractivity contribution in [3.8, 4) is 0 Å². The number of carbonyl (C=O) groups excluding carboxylic acids is 2. The molecule has 0 aliphatic carbocycles. The summed E-state index contributed by atoms with van der Waals surface area (Å²) < 4.78 is 9.54. The zero-order valence-corrected chi connectivity index (χ0v) is 9.38. The molecule has 0 bridgehead atoms. The zero-order valence-electron chi connectivity index (χ0n) is 9.38. The van der Waals surface area contributed by atoms with Gasteiger partial charge in [0.15, 0.2) is 0 Å². The van der Waals surface area contributed by atoms with E-state index in [1.165, 1.54) is 0 Å². The number of hydrogen-bond donors (Lipinski definition) is 1. The number of hydrogen-bond acceptors (Lipinski definition) is 4. The quantitative estimate of drug-likeness (QED) is 0.518. The van der Waals surface area contributed by atoms with E-state index in [1.54, 1.807) is 0 Å². The maximum atomic E-state index is 11.0. The second-order valence-electron chi connectivity index (χ2n) is 3.06. The van der Waals surface area contributed by atoms with Crippen LogP contribution in [0.4, 0.5) is 4.79 Å². The van der Waals surface area contributed by atoms with Gasteiger partial charge in [-0.2, -0.15) is 0 Å². The molecule has 0 aliphatic heterocycles. The first-order valence-electron chi connectivity index (χ1n) is 5.27. The van der Waals surface area contributed by atoms with Gasteiger partial charge < -0.3 is 14.8 Å². The molecule has 5 heteroatoms. The summed E-state index contributed by atoms with van der Waals surface area (Å²) in [5, 5.41) is 2.31. The highest BCUT2D eigenvalue weighted by Crippen LogP contribution is 1.88. The summed E-state index contributed by atoms with van der Waals surface area (Å²) in [5.74, 6) is -0.433. The van der Waals surface area contributed by atoms with E-state index in [0.717, 1.165) is 19.3 Å². The molecule has 0 atom stereocenters. The van der Waals surface area contributed by atoms with Gasteiger partial charge in [-0.3, -0.25) is 4.79 Å². The van der Waals surface area contributed by atoms with Crippen LogP contribution in [-0.2, 0) is 14.3 Å². The highest BCUT2D eigenvalue weighted by molar-refractivity contribution is 5.77. The zero-order chi connectivity index (χ0) is 11.5. The van der Waals surface area contributed by atoms with Crippen LogP contribution in [0.25, 0.3) is 0 Å². The molecule has 0 radical (unpaired) electrons. The van der Waals surface area contributed by atoms with E-state index in [0.29, 0.717) is 13.2 Å². The third kappa shape index (κ3) is 9.05. The van der Waals surface area contributed by atoms with E-state index in [2.05, 4.69) is 5.32 Å². The molecule has 0 aromatic rings. The molecule has 0 heterocycles. The van der Waals surface area contributed by atoms with Crippen molar-refractivity contribution < 1.29 is 19.1 Å². The highest BCUT2D eigenvalue weighted by atomic mass is 16.6. The first kappa shape index (κ1) is 13.7. The van der Waals surface area contributed by atoms with Crippen LogP contribution in [0.15, 0.2) is 0 Å². The van der Waals surface area contributed by atoms with Crippen molar-refractivity contribution in [1.29, 1.82) is 0 Å². The summed E-state index contributed by atoms with van der Waals surface area (Å²) in [4.78, 5) is 21.9. The molecule has 0 saturated carbocycles. The van der Waals surface area contributed by atoms with Crippen molar-refractivity contribution in [1.82, 2.24) is 5.32 Å². The average molecular weight is 217 g/mol. The second-order valence-corrected chi connectivity index (χ2v) is 3.06. The highest BCUT2D eigenvalue weighted by Gasteiger charge is 2.06. The van der Waals surface area contributed by atoms with E-state index in [1.807, 2.05) is 13.8 Å². The minimum atomic E-state index is -0.579. The fourth-order valence-corrected chi connectivity index (χ4v) is 0.772. The van der Waals surface area contributed by atoms with Crippen molar-refractivity contribution in [2.45, 2.75) is 33.1 Å². The minimum absolute atomic E-state index is 0.133. The Bertz CT molecular complexity index is 194. The Hall–Kier alpha value is -1.26. The van der Waals surface area contributed by atoms with Gasteiger partial charge in [-0.05, 0) is 12.8 Å². The smallest absolute Gasteiger partial charge is 0.407 e. The first-order valence-corrected chi connectivity index (χ1v) is 5.27. The molecule has 5 nitrogen and oxygen atoms in total. The van der Waals surface area contributed by atoms with E-state index in [-0.39, 0.29) is 6.54 Å². The van der Waals surface area contributed by atoms with E-state index >= 15 is 0 Å². The Labute approximate surface area is 90.1 Å². The van der Waals surface area contributed by atoms with Gasteiger partial charge in [0.25, 0.3) is 0 Å². The van der Waals surface area contributed by atoms with Crippen molar-refractivity contribution in [3.05, 3.63) is 0 Å². The third-order valence-electron chi connectivity index (χ3n) is 1.58. The lowest BCUT2D eigenvalue weighted by molar-refractivity contribution is -0.142. The third-order valence-corrected chi connectivity index (χ3v) is 1.58. The van der Waals surface area contributed by atoms with Crippen LogP contribution in [-0.4, -0.2) is 31.8 Å². The fourth-order valence-electron chi connectivity index (χ4n) is 0.772. The molecule has 88 valence electrons. The molecular weight excluding hydrogens is 198 g/mol. The summed E-state index contributed by atoms with van der Waals surface area (Å²) in [6.45, 7) is 4.53. The van der Waals surface area contributed by atoms with Crippen molar-refractivity contribution in [2.75, 3.05) is 19.8 Å². The van der Waals surface area contributed by atoms with E-state index < -0.39 is 12.1 Å². The van der Waals surface area contributed by atoms with Gasteiger partial charge in [0.05, 0.1) is 13.2 Å². The Morgan fingerprint density at radius 3 is 2.40 bits per heavy atom. The Morgan fingerprint density at radius 2 is 1.80 bits per heavy atom. The van der Waals surface area contributed by atoms with E-state index in [4.69, 9.17) is 9.47 Å². The lowest BCUT2D eigenvalue weighted by Crippen LogP contribution is -2.31. The molecular formula is C10H19NO4. The van der Waals surface area contributed by atoms with Gasteiger partial charge in [0.1, 0.15) is 6.54 Å². The van der Waals surface area contributed by atoms with Crippen molar-refractivity contribution >= 4 is 12.1 Å². The Balaban J connectivity index is 3.40. The number of esters is 1. The van der Waals surface area contributed by atoms with Gasteiger partial charge in [-0.1, -0.05) is 20.3 Å². The molecule has 0 unspecified atom stereocenters. The van der Waals surface area contributed by atoms with Crippen LogP contribution >= 0.6 is 0 Å². The lowest BCUT2D eigenvalue weighted by Gasteiger charge is -2.06. The maximum absolute atomic E-state index is 11.0. The average Bonchev–Trinajstić information content (AvgIpc) is 2.24. The van der Waals surface area contributed by atoms with Gasteiger partial charge >= 0.3 is 12.1 Å². The van der Waals surface area contributed by atoms with Crippen LogP contribution in [0.1, 0.15) is 33.1 Å². The topological polar surface area (TPSA) is 64.6 Å². The molecule has 0 aromatic carbocycles. The Kier molecular flexibility index (Phi) is 8.52. The molecule has 1 amide bonds. The predicted octanol–water partition coefficient (Wildman–Crippen LogP) is 1.47. The number of unbranched alkanes of at least 4 members (excludes halogenated alkanes) is 1. The number of amides is 1. The number of ether oxygens (including phenoxy) is 2. The van der Waals surface area contributed by atoms with Gasteiger partial charge in [-0.25, -0.2) is 4.79 Å². The lowest BCUT2D eigenvalue weighted by atomic mass is 10.4. The number of carbonyl (C=O) groups is 2. The van der Waals surface area contributed by atoms with Crippen LogP contribution in [0.5, 0.6) is 0 Å². The normalized spacial score (nSPS) is 9.47. The van der Waals surface area contributed by atoms with Gasteiger partial charge in [-0.15, -0.1) is 0 Å². The van der Waals surface area contributed by atoms with Gasteiger partial charge in [0.2, 0.25) is 0 Å². The second kappa shape index (κ2) is 9.30. The van der Waals surface area contributed by atoms with Crippen LogP contribution in [0.2, 0.25) is 0 Å². The monoisotopic (exact) mass is 217 g/mol. The largest absolute Gasteiger partial charge is 0.464 e. The van der Waals surface area contributed by atoms with Crippen LogP contribution < -0.4 is 5.32 Å².